The molecule has 6 heteroatoms. The molecule has 0 radical (unpaired) electrons. The number of anilines is 1. The molecule has 0 saturated heterocycles. The SMILES string of the molecule is Cc1cc(C)cc(NC(=O)COC(=O)COc2ccc(Br)cc2)c1. The van der Waals surface area contributed by atoms with Gasteiger partial charge >= 0.3 is 5.97 Å². The zero-order valence-corrected chi connectivity index (χ0v) is 15.1. The van der Waals surface area contributed by atoms with E-state index in [4.69, 9.17) is 9.47 Å². The third-order valence-electron chi connectivity index (χ3n) is 3.04. The number of amides is 1. The first kappa shape index (κ1) is 18.0. The van der Waals surface area contributed by atoms with Crippen LogP contribution in [-0.2, 0) is 14.3 Å². The van der Waals surface area contributed by atoms with Crippen molar-refractivity contribution < 1.29 is 19.1 Å². The van der Waals surface area contributed by atoms with Crippen molar-refractivity contribution in [3.63, 3.8) is 0 Å². The van der Waals surface area contributed by atoms with Gasteiger partial charge in [-0.15, -0.1) is 0 Å². The summed E-state index contributed by atoms with van der Waals surface area (Å²) >= 11 is 3.31. The zero-order chi connectivity index (χ0) is 17.5. The summed E-state index contributed by atoms with van der Waals surface area (Å²) in [6.07, 6.45) is 0. The molecule has 0 aromatic heterocycles. The summed E-state index contributed by atoms with van der Waals surface area (Å²) in [7, 11) is 0. The number of rotatable bonds is 6. The van der Waals surface area contributed by atoms with E-state index >= 15 is 0 Å². The predicted molar refractivity (Wildman–Crippen MR) is 95.1 cm³/mol. The highest BCUT2D eigenvalue weighted by Gasteiger charge is 2.09. The molecule has 0 bridgehead atoms. The molecule has 1 amide bonds. The van der Waals surface area contributed by atoms with Crippen LogP contribution in [0, 0.1) is 13.8 Å². The van der Waals surface area contributed by atoms with Gasteiger partial charge in [0.25, 0.3) is 5.91 Å². The Morgan fingerprint density at radius 1 is 1.00 bits per heavy atom. The van der Waals surface area contributed by atoms with Crippen molar-refractivity contribution in [1.82, 2.24) is 0 Å². The third kappa shape index (κ3) is 6.04. The van der Waals surface area contributed by atoms with Gasteiger partial charge in [-0.05, 0) is 61.4 Å². The molecule has 0 aliphatic carbocycles. The number of carbonyl (C=O) groups is 2. The number of hydrogen-bond acceptors (Lipinski definition) is 4. The Hall–Kier alpha value is -2.34. The molecular weight excluding hydrogens is 374 g/mol. The van der Waals surface area contributed by atoms with Gasteiger partial charge in [0.2, 0.25) is 0 Å². The van der Waals surface area contributed by atoms with Gasteiger partial charge in [-0.2, -0.15) is 0 Å². The van der Waals surface area contributed by atoms with Crippen molar-refractivity contribution >= 4 is 33.5 Å². The smallest absolute Gasteiger partial charge is 0.344 e. The van der Waals surface area contributed by atoms with Crippen LogP contribution in [0.3, 0.4) is 0 Å². The number of esters is 1. The molecule has 5 nitrogen and oxygen atoms in total. The third-order valence-corrected chi connectivity index (χ3v) is 3.57. The molecule has 2 rings (SSSR count). The van der Waals surface area contributed by atoms with Gasteiger partial charge in [0.15, 0.2) is 13.2 Å². The fourth-order valence-corrected chi connectivity index (χ4v) is 2.37. The number of aryl methyl sites for hydroxylation is 2. The van der Waals surface area contributed by atoms with Crippen molar-refractivity contribution in [3.8, 4) is 5.75 Å². The van der Waals surface area contributed by atoms with Gasteiger partial charge in [0.05, 0.1) is 0 Å². The van der Waals surface area contributed by atoms with Crippen LogP contribution in [0.5, 0.6) is 5.75 Å². The standard InChI is InChI=1S/C18H18BrNO4/c1-12-7-13(2)9-15(8-12)20-17(21)10-24-18(22)11-23-16-5-3-14(19)4-6-16/h3-9H,10-11H2,1-2H3,(H,20,21). The van der Waals surface area contributed by atoms with Crippen LogP contribution < -0.4 is 10.1 Å². The highest BCUT2D eigenvalue weighted by Crippen LogP contribution is 2.16. The Morgan fingerprint density at radius 3 is 2.25 bits per heavy atom. The fourth-order valence-electron chi connectivity index (χ4n) is 2.10. The second kappa shape index (κ2) is 8.49. The molecule has 0 aliphatic heterocycles. The van der Waals surface area contributed by atoms with Gasteiger partial charge < -0.3 is 14.8 Å². The van der Waals surface area contributed by atoms with Crippen LogP contribution in [0.4, 0.5) is 5.69 Å². The summed E-state index contributed by atoms with van der Waals surface area (Å²) in [5, 5.41) is 2.70. The van der Waals surface area contributed by atoms with Gasteiger partial charge in [-0.3, -0.25) is 4.79 Å². The van der Waals surface area contributed by atoms with Gasteiger partial charge in [-0.25, -0.2) is 4.79 Å². The highest BCUT2D eigenvalue weighted by atomic mass is 79.9. The second-order valence-electron chi connectivity index (χ2n) is 5.33. The van der Waals surface area contributed by atoms with E-state index in [9.17, 15) is 9.59 Å². The summed E-state index contributed by atoms with van der Waals surface area (Å²) in [6, 6.07) is 12.8. The lowest BCUT2D eigenvalue weighted by Gasteiger charge is -2.09. The summed E-state index contributed by atoms with van der Waals surface area (Å²) in [5.41, 5.74) is 2.77. The Bertz CT molecular complexity index is 708. The maximum absolute atomic E-state index is 11.8. The maximum Gasteiger partial charge on any atom is 0.344 e. The second-order valence-corrected chi connectivity index (χ2v) is 6.24. The van der Waals surface area contributed by atoms with Crippen LogP contribution >= 0.6 is 15.9 Å². The van der Waals surface area contributed by atoms with Crippen molar-refractivity contribution in [3.05, 3.63) is 58.1 Å². The quantitative estimate of drug-likeness (QED) is 0.763. The largest absolute Gasteiger partial charge is 0.482 e. The first-order valence-electron chi connectivity index (χ1n) is 7.34. The molecule has 2 aromatic rings. The van der Waals surface area contributed by atoms with Crippen LogP contribution in [0.15, 0.2) is 46.9 Å². The van der Waals surface area contributed by atoms with E-state index in [1.807, 2.05) is 32.0 Å². The van der Waals surface area contributed by atoms with Crippen LogP contribution in [0.25, 0.3) is 0 Å². The first-order chi connectivity index (χ1) is 11.4. The number of halogens is 1. The summed E-state index contributed by atoms with van der Waals surface area (Å²) in [5.74, 6) is -0.444. The summed E-state index contributed by atoms with van der Waals surface area (Å²) < 4.78 is 11.1. The van der Waals surface area contributed by atoms with Crippen LogP contribution in [-0.4, -0.2) is 25.1 Å². The Kier molecular flexibility index (Phi) is 6.37. The monoisotopic (exact) mass is 391 g/mol. The minimum Gasteiger partial charge on any atom is -0.482 e. The normalized spacial score (nSPS) is 10.1. The molecule has 0 spiro atoms. The molecule has 0 atom stereocenters. The molecule has 0 aliphatic rings. The van der Waals surface area contributed by atoms with E-state index in [1.165, 1.54) is 0 Å². The molecule has 1 N–H and O–H groups in total. The zero-order valence-electron chi connectivity index (χ0n) is 13.5. The van der Waals surface area contributed by atoms with Crippen molar-refractivity contribution in [1.29, 1.82) is 0 Å². The maximum atomic E-state index is 11.8. The van der Waals surface area contributed by atoms with Crippen LogP contribution in [0.1, 0.15) is 11.1 Å². The Labute approximate surface area is 149 Å². The van der Waals surface area contributed by atoms with Crippen molar-refractivity contribution in [2.75, 3.05) is 18.5 Å². The minimum absolute atomic E-state index is 0.252. The average molecular weight is 392 g/mol. The van der Waals surface area contributed by atoms with Crippen molar-refractivity contribution in [2.45, 2.75) is 13.8 Å². The van der Waals surface area contributed by atoms with E-state index in [2.05, 4.69) is 21.2 Å². The highest BCUT2D eigenvalue weighted by molar-refractivity contribution is 9.10. The lowest BCUT2D eigenvalue weighted by atomic mass is 10.1. The molecule has 2 aromatic carbocycles. The van der Waals surface area contributed by atoms with Crippen LogP contribution in [0.2, 0.25) is 0 Å². The molecular formula is C18H18BrNO4. The van der Waals surface area contributed by atoms with E-state index < -0.39 is 11.9 Å². The predicted octanol–water partition coefficient (Wildman–Crippen LogP) is 3.63. The first-order valence-corrected chi connectivity index (χ1v) is 8.14. The average Bonchev–Trinajstić information content (AvgIpc) is 2.51. The number of carbonyl (C=O) groups excluding carboxylic acids is 2. The number of hydrogen-bond donors (Lipinski definition) is 1. The minimum atomic E-state index is -0.603. The topological polar surface area (TPSA) is 64.6 Å². The molecule has 0 heterocycles. The lowest BCUT2D eigenvalue weighted by molar-refractivity contribution is -0.149. The molecule has 0 fully saturated rings. The Morgan fingerprint density at radius 2 is 1.62 bits per heavy atom. The fraction of sp³-hybridized carbons (Fsp3) is 0.222. The van der Waals surface area contributed by atoms with Gasteiger partial charge in [0.1, 0.15) is 5.75 Å². The molecule has 0 unspecified atom stereocenters. The van der Waals surface area contributed by atoms with E-state index in [0.717, 1.165) is 15.6 Å². The van der Waals surface area contributed by atoms with Crippen molar-refractivity contribution in [2.24, 2.45) is 0 Å². The molecule has 24 heavy (non-hydrogen) atoms. The molecule has 126 valence electrons. The number of nitrogens with one attached hydrogen (secondary N) is 1. The number of ether oxygens (including phenoxy) is 2. The summed E-state index contributed by atoms with van der Waals surface area (Å²) in [4.78, 5) is 23.4. The lowest BCUT2D eigenvalue weighted by Crippen LogP contribution is -2.23. The Balaban J connectivity index is 1.74. The van der Waals surface area contributed by atoms with E-state index in [0.29, 0.717) is 11.4 Å². The van der Waals surface area contributed by atoms with Gasteiger partial charge in [-0.1, -0.05) is 22.0 Å². The molecule has 0 saturated carbocycles. The van der Waals surface area contributed by atoms with E-state index in [-0.39, 0.29) is 13.2 Å². The van der Waals surface area contributed by atoms with Gasteiger partial charge in [0, 0.05) is 10.2 Å². The summed E-state index contributed by atoms with van der Waals surface area (Å²) in [6.45, 7) is 3.29. The number of benzene rings is 2. The van der Waals surface area contributed by atoms with E-state index in [1.54, 1.807) is 24.3 Å².